The maximum absolute atomic E-state index is 13.1. The van der Waals surface area contributed by atoms with Crippen LogP contribution in [0.25, 0.3) is 0 Å². The molecule has 1 saturated heterocycles. The number of anilines is 1. The second-order valence-corrected chi connectivity index (χ2v) is 4.45. The van der Waals surface area contributed by atoms with Crippen LogP contribution in [0, 0.1) is 21.8 Å². The molecular weight excluding hydrogens is 253 g/mol. The Morgan fingerprint density at radius 2 is 2.32 bits per heavy atom. The van der Waals surface area contributed by atoms with Crippen molar-refractivity contribution in [1.29, 1.82) is 0 Å². The van der Waals surface area contributed by atoms with Crippen molar-refractivity contribution in [2.24, 2.45) is 5.92 Å². The zero-order valence-electron chi connectivity index (χ0n) is 10.2. The van der Waals surface area contributed by atoms with Gasteiger partial charge in [-0.15, -0.1) is 0 Å². The summed E-state index contributed by atoms with van der Waals surface area (Å²) in [4.78, 5) is 22.1. The number of nitrogens with one attached hydrogen (secondary N) is 2. The molecule has 0 bridgehead atoms. The van der Waals surface area contributed by atoms with Crippen molar-refractivity contribution in [2.45, 2.75) is 12.8 Å². The van der Waals surface area contributed by atoms with Gasteiger partial charge in [0.15, 0.2) is 0 Å². The molecule has 0 aliphatic carbocycles. The molecule has 1 atom stereocenters. The molecule has 1 unspecified atom stereocenters. The maximum Gasteiger partial charge on any atom is 0.292 e. The fourth-order valence-corrected chi connectivity index (χ4v) is 2.08. The van der Waals surface area contributed by atoms with Crippen LogP contribution in [0.4, 0.5) is 15.8 Å². The van der Waals surface area contributed by atoms with Crippen molar-refractivity contribution in [1.82, 2.24) is 5.32 Å². The number of carbonyl (C=O) groups is 1. The normalized spacial score (nSPS) is 18.9. The van der Waals surface area contributed by atoms with Gasteiger partial charge >= 0.3 is 0 Å². The lowest BCUT2D eigenvalue weighted by molar-refractivity contribution is -0.384. The monoisotopic (exact) mass is 267 g/mol. The second kappa shape index (κ2) is 5.75. The lowest BCUT2D eigenvalue weighted by atomic mass is 9.99. The van der Waals surface area contributed by atoms with Crippen LogP contribution in [0.1, 0.15) is 12.8 Å². The third-order valence-electron chi connectivity index (χ3n) is 3.08. The highest BCUT2D eigenvalue weighted by molar-refractivity contribution is 5.94. The molecule has 0 spiro atoms. The smallest absolute Gasteiger partial charge is 0.292 e. The molecule has 1 aromatic carbocycles. The molecule has 1 aliphatic rings. The van der Waals surface area contributed by atoms with Gasteiger partial charge in [-0.25, -0.2) is 4.39 Å². The molecule has 19 heavy (non-hydrogen) atoms. The molecule has 6 nitrogen and oxygen atoms in total. The first kappa shape index (κ1) is 13.4. The van der Waals surface area contributed by atoms with E-state index in [4.69, 9.17) is 0 Å². The molecule has 1 heterocycles. The number of amides is 1. The van der Waals surface area contributed by atoms with E-state index in [1.54, 1.807) is 0 Å². The minimum Gasteiger partial charge on any atom is -0.320 e. The van der Waals surface area contributed by atoms with E-state index in [9.17, 15) is 19.3 Å². The van der Waals surface area contributed by atoms with Crippen molar-refractivity contribution < 1.29 is 14.1 Å². The lowest BCUT2D eigenvalue weighted by Crippen LogP contribution is -2.37. The third-order valence-corrected chi connectivity index (χ3v) is 3.08. The number of hydrogen-bond acceptors (Lipinski definition) is 4. The van der Waals surface area contributed by atoms with Gasteiger partial charge < -0.3 is 10.6 Å². The first-order chi connectivity index (χ1) is 9.08. The SMILES string of the molecule is O=C(Nc1cc(F)ccc1[N+](=O)[O-])C1CCCNC1. The van der Waals surface area contributed by atoms with Gasteiger partial charge in [0.2, 0.25) is 5.91 Å². The van der Waals surface area contributed by atoms with Crippen LogP contribution >= 0.6 is 0 Å². The van der Waals surface area contributed by atoms with Gasteiger partial charge in [0.1, 0.15) is 11.5 Å². The predicted octanol–water partition coefficient (Wildman–Crippen LogP) is 1.67. The van der Waals surface area contributed by atoms with E-state index in [2.05, 4.69) is 10.6 Å². The summed E-state index contributed by atoms with van der Waals surface area (Å²) in [6.45, 7) is 1.40. The van der Waals surface area contributed by atoms with E-state index < -0.39 is 10.7 Å². The molecule has 1 amide bonds. The number of nitro benzene ring substituents is 1. The number of nitrogens with zero attached hydrogens (tertiary/aromatic N) is 1. The third kappa shape index (κ3) is 3.25. The maximum atomic E-state index is 13.1. The van der Waals surface area contributed by atoms with Crippen LogP contribution in [0.15, 0.2) is 18.2 Å². The summed E-state index contributed by atoms with van der Waals surface area (Å²) >= 11 is 0. The van der Waals surface area contributed by atoms with Crippen molar-refractivity contribution >= 4 is 17.3 Å². The summed E-state index contributed by atoms with van der Waals surface area (Å²) in [6.07, 6.45) is 1.60. The first-order valence-corrected chi connectivity index (χ1v) is 6.03. The number of nitro groups is 1. The Kier molecular flexibility index (Phi) is 4.06. The summed E-state index contributed by atoms with van der Waals surface area (Å²) in [6, 6.07) is 3.01. The van der Waals surface area contributed by atoms with E-state index in [0.717, 1.165) is 37.6 Å². The molecule has 102 valence electrons. The Morgan fingerprint density at radius 1 is 1.53 bits per heavy atom. The predicted molar refractivity (Wildman–Crippen MR) is 67.3 cm³/mol. The molecule has 1 aliphatic heterocycles. The van der Waals surface area contributed by atoms with E-state index in [-0.39, 0.29) is 23.2 Å². The van der Waals surface area contributed by atoms with Crippen LogP contribution in [-0.2, 0) is 4.79 Å². The Labute approximate surface area is 109 Å². The van der Waals surface area contributed by atoms with Gasteiger partial charge in [-0.05, 0) is 25.5 Å². The Hall–Kier alpha value is -2.02. The second-order valence-electron chi connectivity index (χ2n) is 4.45. The quantitative estimate of drug-likeness (QED) is 0.644. The van der Waals surface area contributed by atoms with Crippen LogP contribution in [0.2, 0.25) is 0 Å². The van der Waals surface area contributed by atoms with E-state index in [1.165, 1.54) is 0 Å². The van der Waals surface area contributed by atoms with E-state index in [1.807, 2.05) is 0 Å². The fraction of sp³-hybridized carbons (Fsp3) is 0.417. The largest absolute Gasteiger partial charge is 0.320 e. The van der Waals surface area contributed by atoms with Gasteiger partial charge in [0, 0.05) is 18.7 Å². The van der Waals surface area contributed by atoms with Crippen molar-refractivity contribution in [3.05, 3.63) is 34.1 Å². The molecule has 1 fully saturated rings. The zero-order chi connectivity index (χ0) is 13.8. The Morgan fingerprint density at radius 3 is 2.95 bits per heavy atom. The number of halogens is 1. The number of carbonyl (C=O) groups excluding carboxylic acids is 1. The molecule has 1 aromatic rings. The van der Waals surface area contributed by atoms with Gasteiger partial charge in [-0.1, -0.05) is 0 Å². The van der Waals surface area contributed by atoms with Crippen LogP contribution in [0.5, 0.6) is 0 Å². The number of piperidine rings is 1. The summed E-state index contributed by atoms with van der Waals surface area (Å²) in [5, 5.41) is 16.3. The summed E-state index contributed by atoms with van der Waals surface area (Å²) < 4.78 is 13.1. The minimum absolute atomic E-state index is 0.0967. The van der Waals surface area contributed by atoms with Gasteiger partial charge in [0.05, 0.1) is 10.8 Å². The lowest BCUT2D eigenvalue weighted by Gasteiger charge is -2.21. The summed E-state index contributed by atoms with van der Waals surface area (Å²) in [5.41, 5.74) is -0.404. The topological polar surface area (TPSA) is 84.3 Å². The van der Waals surface area contributed by atoms with Crippen molar-refractivity contribution in [3.63, 3.8) is 0 Å². The summed E-state index contributed by atoms with van der Waals surface area (Å²) in [5.74, 6) is -1.18. The summed E-state index contributed by atoms with van der Waals surface area (Å²) in [7, 11) is 0. The highest BCUT2D eigenvalue weighted by atomic mass is 19.1. The minimum atomic E-state index is -0.645. The highest BCUT2D eigenvalue weighted by Gasteiger charge is 2.23. The molecule has 7 heteroatoms. The zero-order valence-corrected chi connectivity index (χ0v) is 10.2. The molecular formula is C12H14FN3O3. The van der Waals surface area contributed by atoms with E-state index in [0.29, 0.717) is 6.54 Å². The van der Waals surface area contributed by atoms with Crippen molar-refractivity contribution in [3.8, 4) is 0 Å². The number of benzene rings is 1. The molecule has 2 rings (SSSR count). The van der Waals surface area contributed by atoms with Crippen LogP contribution in [-0.4, -0.2) is 23.9 Å². The average molecular weight is 267 g/mol. The molecule has 2 N–H and O–H groups in total. The molecule has 0 aromatic heterocycles. The Balaban J connectivity index is 2.15. The Bertz CT molecular complexity index is 501. The fourth-order valence-electron chi connectivity index (χ4n) is 2.08. The highest BCUT2D eigenvalue weighted by Crippen LogP contribution is 2.26. The average Bonchev–Trinajstić information content (AvgIpc) is 2.39. The van der Waals surface area contributed by atoms with Crippen LogP contribution in [0.3, 0.4) is 0 Å². The standard InChI is InChI=1S/C12H14FN3O3/c13-9-3-4-11(16(18)19)10(6-9)15-12(17)8-2-1-5-14-7-8/h3-4,6,8,14H,1-2,5,7H2,(H,15,17). The van der Waals surface area contributed by atoms with Gasteiger partial charge in [0.25, 0.3) is 5.69 Å². The van der Waals surface area contributed by atoms with Gasteiger partial charge in [-0.3, -0.25) is 14.9 Å². The van der Waals surface area contributed by atoms with Gasteiger partial charge in [-0.2, -0.15) is 0 Å². The van der Waals surface area contributed by atoms with Crippen LogP contribution < -0.4 is 10.6 Å². The van der Waals surface area contributed by atoms with Crippen molar-refractivity contribution in [2.75, 3.05) is 18.4 Å². The van der Waals surface area contributed by atoms with E-state index >= 15 is 0 Å². The number of hydrogen-bond donors (Lipinski definition) is 2. The molecule has 0 saturated carbocycles. The number of rotatable bonds is 3. The molecule has 0 radical (unpaired) electrons. The first-order valence-electron chi connectivity index (χ1n) is 6.03.